The Morgan fingerprint density at radius 1 is 1.53 bits per heavy atom. The lowest BCUT2D eigenvalue weighted by atomic mass is 9.93. The number of rotatable bonds is 2. The van der Waals surface area contributed by atoms with Gasteiger partial charge in [0, 0.05) is 13.8 Å². The molecule has 0 spiro atoms. The molecule has 17 heavy (non-hydrogen) atoms. The van der Waals surface area contributed by atoms with E-state index in [1.54, 1.807) is 4.52 Å². The third kappa shape index (κ3) is 1.43. The highest BCUT2D eigenvalue weighted by atomic mass is 17.2. The second-order valence-electron chi connectivity index (χ2n) is 4.62. The number of hydrogen-bond donors (Lipinski definition) is 6. The zero-order chi connectivity index (χ0) is 13.0. The topological polar surface area (TPSA) is 135 Å². The summed E-state index contributed by atoms with van der Waals surface area (Å²) in [6, 6.07) is 0. The first-order chi connectivity index (χ1) is 7.80. The van der Waals surface area contributed by atoms with Crippen LogP contribution in [0.25, 0.3) is 0 Å². The van der Waals surface area contributed by atoms with E-state index in [1.807, 2.05) is 0 Å². The molecule has 5 atom stereocenters. The van der Waals surface area contributed by atoms with Crippen LogP contribution in [0.2, 0.25) is 0 Å². The predicted molar refractivity (Wildman–Crippen MR) is 54.7 cm³/mol. The highest BCUT2D eigenvalue weighted by Gasteiger charge is 2.85. The summed E-state index contributed by atoms with van der Waals surface area (Å²) >= 11 is 0. The summed E-state index contributed by atoms with van der Waals surface area (Å²) in [4.78, 5) is 11.1. The molecule has 2 aliphatic rings. The second-order valence-corrected chi connectivity index (χ2v) is 4.62. The van der Waals surface area contributed by atoms with Crippen LogP contribution in [0, 0.1) is 0 Å². The molecule has 6 N–H and O–H groups in total. The number of aliphatic hydroxyl groups excluding tert-OH is 3. The van der Waals surface area contributed by atoms with E-state index in [0.29, 0.717) is 0 Å². The van der Waals surface area contributed by atoms with Crippen LogP contribution in [-0.2, 0) is 9.31 Å². The summed E-state index contributed by atoms with van der Waals surface area (Å²) in [6.45, 7) is 2.23. The lowest BCUT2D eigenvalue weighted by molar-refractivity contribution is -0.523. The van der Waals surface area contributed by atoms with Crippen molar-refractivity contribution in [1.29, 1.82) is 0 Å². The normalized spacial score (nSPS) is 49.6. The van der Waals surface area contributed by atoms with Crippen LogP contribution >= 0.6 is 0 Å². The van der Waals surface area contributed by atoms with E-state index in [2.05, 4.69) is 10.6 Å². The van der Waals surface area contributed by atoms with Gasteiger partial charge in [-0.3, -0.25) is 4.79 Å². The first-order valence-corrected chi connectivity index (χ1v) is 5.27. The van der Waals surface area contributed by atoms with E-state index in [4.69, 9.17) is 5.11 Å². The summed E-state index contributed by atoms with van der Waals surface area (Å²) in [5, 5.41) is 43.8. The fourth-order valence-corrected chi connectivity index (χ4v) is 2.49. The summed E-state index contributed by atoms with van der Waals surface area (Å²) in [5.41, 5.74) is -2.52. The molecule has 0 aromatic heterocycles. The van der Waals surface area contributed by atoms with Crippen molar-refractivity contribution in [2.24, 2.45) is 0 Å². The molecule has 0 bridgehead atoms. The molecule has 0 aliphatic carbocycles. The molecule has 0 unspecified atom stereocenters. The highest BCUT2D eigenvalue weighted by molar-refractivity contribution is 5.75. The molecule has 0 radical (unpaired) electrons. The monoisotopic (exact) mass is 249 g/mol. The molecular weight excluding hydrogens is 232 g/mol. The Hall–Kier alpha value is -0.770. The number of carbonyl (C=O) groups is 1. The quantitative estimate of drug-likeness (QED) is 0.178. The van der Waals surface area contributed by atoms with Crippen LogP contribution in [0.3, 0.4) is 0 Å². The number of fused-ring (bicyclic) bond motifs is 1. The van der Waals surface area contributed by atoms with Crippen LogP contribution in [0.15, 0.2) is 0 Å². The maximum absolute atomic E-state index is 11.1. The van der Waals surface area contributed by atoms with Gasteiger partial charge in [0.15, 0.2) is 6.10 Å². The van der Waals surface area contributed by atoms with Gasteiger partial charge in [-0.05, 0) is 0 Å². The van der Waals surface area contributed by atoms with Crippen molar-refractivity contribution in [2.45, 2.75) is 43.5 Å². The average molecular weight is 249 g/mol. The van der Waals surface area contributed by atoms with Gasteiger partial charge in [0.1, 0.15) is 12.7 Å². The van der Waals surface area contributed by atoms with Crippen molar-refractivity contribution in [3.05, 3.63) is 0 Å². The van der Waals surface area contributed by atoms with Gasteiger partial charge in [0.2, 0.25) is 17.7 Å². The van der Waals surface area contributed by atoms with Crippen LogP contribution in [0.1, 0.15) is 13.8 Å². The largest absolute Gasteiger partial charge is 0.388 e. The first kappa shape index (κ1) is 12.7. The molecule has 8 nitrogen and oxygen atoms in total. The van der Waals surface area contributed by atoms with Gasteiger partial charge in [-0.25, -0.2) is 9.83 Å². The highest BCUT2D eigenvalue weighted by Crippen LogP contribution is 2.50. The van der Waals surface area contributed by atoms with Crippen molar-refractivity contribution in [3.63, 3.8) is 0 Å². The SMILES string of the molecule is CC(=O)N[C@@]12N[C@@]1(C)[O+](O)[C@H](CO)[C@@H](O)[C@@H]2O. The van der Waals surface area contributed by atoms with Gasteiger partial charge in [0.05, 0.1) is 0 Å². The molecule has 2 heterocycles. The smallest absolute Gasteiger partial charge is 0.300 e. The Kier molecular flexibility index (Phi) is 2.69. The summed E-state index contributed by atoms with van der Waals surface area (Å²) in [7, 11) is 0. The summed E-state index contributed by atoms with van der Waals surface area (Å²) in [5.74, 6) is -0.413. The summed E-state index contributed by atoms with van der Waals surface area (Å²) in [6.07, 6.45) is -3.85. The van der Waals surface area contributed by atoms with E-state index in [0.717, 1.165) is 0 Å². The predicted octanol–water partition coefficient (Wildman–Crippen LogP) is -2.74. The fourth-order valence-electron chi connectivity index (χ4n) is 2.49. The van der Waals surface area contributed by atoms with Gasteiger partial charge in [-0.2, -0.15) is 0 Å². The number of carbonyl (C=O) groups excluding carboxylic acids is 1. The average Bonchev–Trinajstić information content (AvgIpc) is 2.84. The second kappa shape index (κ2) is 3.61. The molecule has 2 rings (SSSR count). The van der Waals surface area contributed by atoms with Gasteiger partial charge in [0.25, 0.3) is 5.72 Å². The first-order valence-electron chi connectivity index (χ1n) is 5.27. The van der Waals surface area contributed by atoms with E-state index < -0.39 is 42.2 Å². The Labute approximate surface area is 97.4 Å². The van der Waals surface area contributed by atoms with Crippen LogP contribution < -0.4 is 10.6 Å². The molecule has 0 aromatic rings. The van der Waals surface area contributed by atoms with E-state index in [-0.39, 0.29) is 0 Å². The number of aliphatic hydroxyl groups is 3. The molecule has 98 valence electrons. The standard InChI is InChI=1S/C9H16N2O6/c1-4(13)10-9-7(15)6(14)5(3-12)17(16)8(9,2)11-9/h5-7,11-12,14-16H,3H2,1-2H3/p+1/t5-,6-,7+,8+,9+/m1/s1. The third-order valence-corrected chi connectivity index (χ3v) is 3.53. The van der Waals surface area contributed by atoms with Crippen LogP contribution in [-0.4, -0.2) is 62.8 Å². The maximum Gasteiger partial charge on any atom is 0.300 e. The Morgan fingerprint density at radius 3 is 2.59 bits per heavy atom. The van der Waals surface area contributed by atoms with Gasteiger partial charge < -0.3 is 20.6 Å². The number of amides is 1. The van der Waals surface area contributed by atoms with Gasteiger partial charge >= 0.3 is 0 Å². The minimum atomic E-state index is -1.41. The van der Waals surface area contributed by atoms with E-state index in [1.165, 1.54) is 13.8 Å². The lowest BCUT2D eigenvalue weighted by Gasteiger charge is -2.37. The lowest BCUT2D eigenvalue weighted by Crippen LogP contribution is -2.67. The van der Waals surface area contributed by atoms with Crippen molar-refractivity contribution >= 4 is 5.91 Å². The van der Waals surface area contributed by atoms with Crippen LogP contribution in [0.4, 0.5) is 0 Å². The van der Waals surface area contributed by atoms with Gasteiger partial charge in [-0.1, -0.05) is 0 Å². The van der Waals surface area contributed by atoms with Crippen molar-refractivity contribution < 1.29 is 29.9 Å². The molecular formula is C9H17N2O6+. The van der Waals surface area contributed by atoms with Gasteiger partial charge in [-0.15, -0.1) is 5.26 Å². The molecule has 2 aliphatic heterocycles. The number of hydrogen-bond acceptors (Lipinski definition) is 6. The summed E-state index contributed by atoms with van der Waals surface area (Å²) < 4.78 is 1.63. The Morgan fingerprint density at radius 2 is 2.12 bits per heavy atom. The zero-order valence-electron chi connectivity index (χ0n) is 9.54. The minimum Gasteiger partial charge on any atom is -0.388 e. The van der Waals surface area contributed by atoms with Crippen molar-refractivity contribution in [2.75, 3.05) is 6.61 Å². The van der Waals surface area contributed by atoms with Crippen LogP contribution in [0.5, 0.6) is 0 Å². The fraction of sp³-hybridized carbons (Fsp3) is 0.889. The van der Waals surface area contributed by atoms with Crippen molar-refractivity contribution in [3.8, 4) is 0 Å². The van der Waals surface area contributed by atoms with E-state index in [9.17, 15) is 20.3 Å². The Balaban J connectivity index is 2.31. The molecule has 1 amide bonds. The van der Waals surface area contributed by atoms with Crippen molar-refractivity contribution in [1.82, 2.24) is 10.6 Å². The molecule has 0 saturated carbocycles. The molecule has 2 saturated heterocycles. The Bertz CT molecular complexity index is 352. The maximum atomic E-state index is 11.1. The zero-order valence-corrected chi connectivity index (χ0v) is 9.54. The minimum absolute atomic E-state index is 0.413. The molecule has 0 aromatic carbocycles. The molecule has 2 fully saturated rings. The molecule has 8 heteroatoms. The third-order valence-electron chi connectivity index (χ3n) is 3.53. The number of nitrogens with one attached hydrogen (secondary N) is 2. The van der Waals surface area contributed by atoms with E-state index >= 15 is 0 Å².